The maximum absolute atomic E-state index is 12.0. The van der Waals surface area contributed by atoms with Crippen LogP contribution in [0.1, 0.15) is 30.1 Å². The van der Waals surface area contributed by atoms with Crippen LogP contribution in [0, 0.1) is 0 Å². The van der Waals surface area contributed by atoms with Gasteiger partial charge in [0.2, 0.25) is 11.7 Å². The fourth-order valence-electron chi connectivity index (χ4n) is 2.17. The Morgan fingerprint density at radius 3 is 3.05 bits per heavy atom. The van der Waals surface area contributed by atoms with Crippen LogP contribution in [0.25, 0.3) is 5.82 Å². The van der Waals surface area contributed by atoms with Crippen molar-refractivity contribution in [2.24, 2.45) is 7.05 Å². The number of hydrogen-bond donors (Lipinski definition) is 1. The van der Waals surface area contributed by atoms with E-state index in [0.29, 0.717) is 17.2 Å². The maximum Gasteiger partial charge on any atom is 0.369 e. The first-order valence-corrected chi connectivity index (χ1v) is 6.79. The van der Waals surface area contributed by atoms with E-state index in [1.165, 1.54) is 13.2 Å². The Labute approximate surface area is 125 Å². The molecule has 1 fully saturated rings. The summed E-state index contributed by atoms with van der Waals surface area (Å²) < 4.78 is 20.5. The van der Waals surface area contributed by atoms with Gasteiger partial charge in [-0.05, 0) is 23.3 Å². The van der Waals surface area contributed by atoms with E-state index in [2.05, 4.69) is 20.7 Å². The van der Waals surface area contributed by atoms with E-state index < -0.39 is 5.69 Å². The third kappa shape index (κ3) is 2.08. The van der Waals surface area contributed by atoms with E-state index in [1.807, 2.05) is 0 Å². The van der Waals surface area contributed by atoms with Crippen LogP contribution in [-0.2, 0) is 13.7 Å². The summed E-state index contributed by atoms with van der Waals surface area (Å²) in [7, 11) is 1.50. The Bertz CT molecular complexity index is 904. The Morgan fingerprint density at radius 1 is 1.55 bits per heavy atom. The lowest BCUT2D eigenvalue weighted by atomic mass is 10.2. The van der Waals surface area contributed by atoms with Gasteiger partial charge >= 0.3 is 5.69 Å². The number of aromatic amines is 1. The Hall–Kier alpha value is -2.91. The van der Waals surface area contributed by atoms with Crippen LogP contribution in [0.3, 0.4) is 0 Å². The molecule has 0 amide bonds. The van der Waals surface area contributed by atoms with Gasteiger partial charge in [0.05, 0.1) is 5.56 Å². The van der Waals surface area contributed by atoms with Gasteiger partial charge in [-0.15, -0.1) is 9.78 Å². The summed E-state index contributed by atoms with van der Waals surface area (Å²) in [6.45, 7) is 0.116. The number of tetrazole rings is 1. The minimum Gasteiger partial charge on any atom is -0.471 e. The SMILES string of the molecule is [3H]n1ccc(OCc2c(-n3nnn(C)c3=O)noc2C2CC2)n1. The molecule has 4 rings (SSSR count). The topological polar surface area (TPSA) is 117 Å². The normalized spacial score (nSPS) is 15.0. The fourth-order valence-corrected chi connectivity index (χ4v) is 2.17. The van der Waals surface area contributed by atoms with Gasteiger partial charge in [0.25, 0.3) is 0 Å². The van der Waals surface area contributed by atoms with Gasteiger partial charge in [0.15, 0.2) is 1.41 Å². The maximum atomic E-state index is 12.0. The second-order valence-corrected chi connectivity index (χ2v) is 5.08. The third-order valence-corrected chi connectivity index (χ3v) is 3.47. The molecule has 114 valence electrons. The highest BCUT2D eigenvalue weighted by Crippen LogP contribution is 2.43. The molecule has 3 aromatic rings. The summed E-state index contributed by atoms with van der Waals surface area (Å²) in [4.78, 5) is 12.0. The van der Waals surface area contributed by atoms with Gasteiger partial charge in [0.1, 0.15) is 12.4 Å². The monoisotopic (exact) mass is 305 g/mol. The zero-order chi connectivity index (χ0) is 16.0. The average molecular weight is 305 g/mol. The van der Waals surface area contributed by atoms with Gasteiger partial charge in [-0.2, -0.15) is 4.68 Å². The number of nitrogens with one attached hydrogen (secondary N) is 1. The summed E-state index contributed by atoms with van der Waals surface area (Å²) in [5.74, 6) is 1.56. The molecule has 10 heteroatoms. The molecule has 1 N–H and O–H groups in total. The summed E-state index contributed by atoms with van der Waals surface area (Å²) in [6.07, 6.45) is 3.48. The lowest BCUT2D eigenvalue weighted by Gasteiger charge is -2.03. The molecule has 0 radical (unpaired) electrons. The molecule has 0 aliphatic heterocycles. The van der Waals surface area contributed by atoms with Crippen LogP contribution in [0.2, 0.25) is 1.41 Å². The van der Waals surface area contributed by atoms with Crippen molar-refractivity contribution in [1.82, 2.24) is 35.1 Å². The van der Waals surface area contributed by atoms with Crippen molar-refractivity contribution in [3.05, 3.63) is 34.1 Å². The highest BCUT2D eigenvalue weighted by molar-refractivity contribution is 5.37. The van der Waals surface area contributed by atoms with Crippen molar-refractivity contribution in [1.29, 1.82) is 0 Å². The molecule has 1 aliphatic rings. The molecule has 3 aromatic heterocycles. The Morgan fingerprint density at radius 2 is 2.41 bits per heavy atom. The predicted octanol–water partition coefficient (Wildman–Crippen LogP) is 0.133. The average Bonchev–Trinajstić information content (AvgIpc) is 3.03. The minimum atomic E-state index is -0.419. The lowest BCUT2D eigenvalue weighted by Crippen LogP contribution is -2.23. The number of hydrogen-bond acceptors (Lipinski definition) is 7. The first-order chi connectivity index (χ1) is 11.1. The number of aromatic nitrogens is 7. The van der Waals surface area contributed by atoms with Crippen molar-refractivity contribution in [2.75, 3.05) is 0 Å². The molecular formula is C12H13N7O3. The van der Waals surface area contributed by atoms with Crippen LogP contribution < -0.4 is 10.4 Å². The van der Waals surface area contributed by atoms with E-state index in [1.54, 1.807) is 6.07 Å². The molecular weight excluding hydrogens is 290 g/mol. The van der Waals surface area contributed by atoms with E-state index in [9.17, 15) is 4.79 Å². The van der Waals surface area contributed by atoms with Crippen molar-refractivity contribution in [3.8, 4) is 11.7 Å². The largest absolute Gasteiger partial charge is 0.471 e. The van der Waals surface area contributed by atoms with Gasteiger partial charge in [-0.25, -0.2) is 4.79 Å². The first kappa shape index (κ1) is 11.7. The molecule has 1 aliphatic carbocycles. The third-order valence-electron chi connectivity index (χ3n) is 3.47. The zero-order valence-electron chi connectivity index (χ0n) is 12.7. The summed E-state index contributed by atoms with van der Waals surface area (Å²) in [6, 6.07) is 1.57. The van der Waals surface area contributed by atoms with E-state index >= 15 is 0 Å². The minimum absolute atomic E-state index is 0.116. The molecule has 0 saturated heterocycles. The number of H-pyrrole nitrogens is 1. The van der Waals surface area contributed by atoms with E-state index in [-0.39, 0.29) is 18.3 Å². The van der Waals surface area contributed by atoms with Crippen LogP contribution in [0.4, 0.5) is 0 Å². The molecule has 0 atom stereocenters. The second kappa shape index (κ2) is 4.83. The quantitative estimate of drug-likeness (QED) is 0.712. The molecule has 22 heavy (non-hydrogen) atoms. The number of aryl methyl sites for hydroxylation is 1. The smallest absolute Gasteiger partial charge is 0.369 e. The molecule has 0 spiro atoms. The van der Waals surface area contributed by atoms with Crippen molar-refractivity contribution < 1.29 is 10.7 Å². The lowest BCUT2D eigenvalue weighted by molar-refractivity contribution is 0.288. The highest BCUT2D eigenvalue weighted by atomic mass is 16.5. The van der Waals surface area contributed by atoms with Crippen molar-refractivity contribution in [3.63, 3.8) is 0 Å². The van der Waals surface area contributed by atoms with Gasteiger partial charge in [0, 0.05) is 25.2 Å². The van der Waals surface area contributed by atoms with Crippen LogP contribution in [0.5, 0.6) is 5.88 Å². The molecule has 3 heterocycles. The van der Waals surface area contributed by atoms with Crippen molar-refractivity contribution >= 4 is 0 Å². The second-order valence-electron chi connectivity index (χ2n) is 5.08. The number of rotatable bonds is 5. The van der Waals surface area contributed by atoms with Gasteiger partial charge in [-0.3, -0.25) is 5.09 Å². The molecule has 10 nitrogen and oxygen atoms in total. The number of nitrogens with zero attached hydrogens (tertiary/aromatic N) is 6. The molecule has 0 unspecified atom stereocenters. The number of ether oxygens (including phenoxy) is 1. The summed E-state index contributed by atoms with van der Waals surface area (Å²) in [5.41, 5.74) is 0.229. The molecule has 1 saturated carbocycles. The predicted molar refractivity (Wildman–Crippen MR) is 71.6 cm³/mol. The zero-order valence-corrected chi connectivity index (χ0v) is 11.7. The summed E-state index contributed by atoms with van der Waals surface area (Å²) >= 11 is 0. The van der Waals surface area contributed by atoms with E-state index in [0.717, 1.165) is 27.3 Å². The van der Waals surface area contributed by atoms with Crippen LogP contribution in [0.15, 0.2) is 21.6 Å². The van der Waals surface area contributed by atoms with Crippen LogP contribution in [-0.4, -0.2) is 35.1 Å². The highest BCUT2D eigenvalue weighted by Gasteiger charge is 2.33. The standard InChI is InChI=1S/C12H13N7O3/c1-18-12(20)19(17-16-18)11-8(6-21-9-4-5-13-14-9)10(22-15-11)7-2-3-7/h4-5,7H,2-3,6H2,1H3,(H,13,14)/i/hT. The van der Waals surface area contributed by atoms with Crippen molar-refractivity contribution in [2.45, 2.75) is 25.4 Å². The Balaban J connectivity index is 1.69. The fraction of sp³-hybridized carbons (Fsp3) is 0.417. The van der Waals surface area contributed by atoms with Crippen LogP contribution >= 0.6 is 0 Å². The van der Waals surface area contributed by atoms with Gasteiger partial charge in [-0.1, -0.05) is 5.16 Å². The molecule has 0 aromatic carbocycles. The van der Waals surface area contributed by atoms with Gasteiger partial charge < -0.3 is 9.26 Å². The first-order valence-electron chi connectivity index (χ1n) is 7.24. The Kier molecular flexibility index (Phi) is 2.57. The summed E-state index contributed by atoms with van der Waals surface area (Å²) in [5, 5.41) is 16.2. The van der Waals surface area contributed by atoms with E-state index in [4.69, 9.17) is 10.7 Å². The molecule has 0 bridgehead atoms.